The summed E-state index contributed by atoms with van der Waals surface area (Å²) in [5, 5.41) is 0. The minimum absolute atomic E-state index is 0.0618. The van der Waals surface area contributed by atoms with Gasteiger partial charge in [-0.2, -0.15) is 0 Å². The molecule has 0 atom stereocenters. The van der Waals surface area contributed by atoms with Gasteiger partial charge in [0.05, 0.1) is 27.9 Å². The molecule has 0 aliphatic heterocycles. The third-order valence-electron chi connectivity index (χ3n) is 1.86. The Morgan fingerprint density at radius 1 is 1.11 bits per heavy atom. The van der Waals surface area contributed by atoms with Gasteiger partial charge in [-0.3, -0.25) is 0 Å². The quantitative estimate of drug-likeness (QED) is 0.500. The van der Waals surface area contributed by atoms with Crippen LogP contribution in [0.15, 0.2) is 27.1 Å². The fourth-order valence-corrected chi connectivity index (χ4v) is 2.82. The Bertz CT molecular complexity index is 472. The van der Waals surface area contributed by atoms with Crippen LogP contribution in [0.1, 0.15) is 0 Å². The van der Waals surface area contributed by atoms with Gasteiger partial charge in [-0.25, -0.2) is 8.42 Å². The number of benzene rings is 1. The van der Waals surface area contributed by atoms with E-state index in [2.05, 4.69) is 31.9 Å². The molecule has 0 spiro atoms. The fourth-order valence-electron chi connectivity index (χ4n) is 1.08. The van der Waals surface area contributed by atoms with Gasteiger partial charge < -0.3 is 9.47 Å². The van der Waals surface area contributed by atoms with E-state index in [0.29, 0.717) is 19.0 Å². The lowest BCUT2D eigenvalue weighted by Crippen LogP contribution is -2.12. The summed E-state index contributed by atoms with van der Waals surface area (Å²) in [6, 6.07) is 5.60. The van der Waals surface area contributed by atoms with E-state index in [1.807, 2.05) is 18.2 Å². The van der Waals surface area contributed by atoms with Gasteiger partial charge in [-0.1, -0.05) is 6.07 Å². The van der Waals surface area contributed by atoms with Crippen LogP contribution in [0.4, 0.5) is 0 Å². The van der Waals surface area contributed by atoms with Crippen LogP contribution in [0.25, 0.3) is 0 Å². The molecule has 0 saturated carbocycles. The zero-order valence-electron chi connectivity index (χ0n) is 9.24. The van der Waals surface area contributed by atoms with Crippen molar-refractivity contribution < 1.29 is 17.9 Å². The summed E-state index contributed by atoms with van der Waals surface area (Å²) in [6.45, 7) is 0.677. The van der Waals surface area contributed by atoms with Crippen molar-refractivity contribution in [1.82, 2.24) is 0 Å². The highest BCUT2D eigenvalue weighted by Gasteiger charge is 2.06. The third-order valence-corrected chi connectivity index (χ3v) is 4.23. The number of ether oxygens (including phenoxy) is 2. The summed E-state index contributed by atoms with van der Waals surface area (Å²) in [5.41, 5.74) is 0. The average molecular weight is 423 g/mol. The summed E-state index contributed by atoms with van der Waals surface area (Å²) in [5.74, 6) is 0.485. The van der Waals surface area contributed by atoms with Gasteiger partial charge in [0, 0.05) is 10.7 Å². The Balaban J connectivity index is 2.26. The van der Waals surface area contributed by atoms with Crippen molar-refractivity contribution in [2.75, 3.05) is 25.6 Å². The molecule has 0 aromatic heterocycles. The van der Waals surface area contributed by atoms with Crippen LogP contribution in [-0.4, -0.2) is 34.0 Å². The van der Waals surface area contributed by atoms with E-state index in [-0.39, 0.29) is 12.4 Å². The number of hydrogen-bond acceptors (Lipinski definition) is 4. The highest BCUT2D eigenvalue weighted by molar-refractivity contribution is 9.11. The number of halogens is 3. The summed E-state index contributed by atoms with van der Waals surface area (Å²) < 4.78 is 33.5. The normalized spacial score (nSPS) is 11.5. The van der Waals surface area contributed by atoms with Crippen molar-refractivity contribution in [3.05, 3.63) is 27.1 Å². The zero-order valence-corrected chi connectivity index (χ0v) is 14.0. The molecule has 102 valence electrons. The molecule has 0 N–H and O–H groups in total. The molecule has 0 aliphatic carbocycles. The minimum atomic E-state index is -3.49. The molecule has 1 aromatic rings. The number of para-hydroxylation sites is 1. The topological polar surface area (TPSA) is 52.6 Å². The predicted molar refractivity (Wildman–Crippen MR) is 77.8 cm³/mol. The lowest BCUT2D eigenvalue weighted by Gasteiger charge is -2.10. The molecule has 0 fully saturated rings. The first-order valence-corrected chi connectivity index (χ1v) is 9.03. The molecule has 0 heterocycles. The number of rotatable bonds is 7. The van der Waals surface area contributed by atoms with Crippen molar-refractivity contribution in [3.63, 3.8) is 0 Å². The van der Waals surface area contributed by atoms with E-state index in [9.17, 15) is 8.42 Å². The summed E-state index contributed by atoms with van der Waals surface area (Å²) >= 11 is 6.73. The van der Waals surface area contributed by atoms with E-state index in [1.54, 1.807) is 0 Å². The van der Waals surface area contributed by atoms with Gasteiger partial charge in [0.25, 0.3) is 0 Å². The number of hydrogen-bond donors (Lipinski definition) is 0. The van der Waals surface area contributed by atoms with Crippen molar-refractivity contribution in [1.29, 1.82) is 0 Å². The Kier molecular flexibility index (Phi) is 6.94. The SMILES string of the molecule is O=S(=O)(Cl)CCOCCOc1c(Br)cccc1Br. The molecule has 1 rings (SSSR count). The first-order valence-electron chi connectivity index (χ1n) is 4.97. The second kappa shape index (κ2) is 7.69. The molecule has 0 saturated heterocycles. The maximum atomic E-state index is 10.6. The molecule has 0 amide bonds. The molecule has 1 aromatic carbocycles. The Morgan fingerprint density at radius 2 is 1.72 bits per heavy atom. The van der Waals surface area contributed by atoms with Gasteiger partial charge in [0.2, 0.25) is 9.05 Å². The molecular formula is C10H11Br2ClO4S. The zero-order chi connectivity index (χ0) is 13.6. The van der Waals surface area contributed by atoms with Gasteiger partial charge in [-0.15, -0.1) is 0 Å². The van der Waals surface area contributed by atoms with Crippen LogP contribution < -0.4 is 4.74 Å². The summed E-state index contributed by atoms with van der Waals surface area (Å²) in [6.07, 6.45) is 0. The van der Waals surface area contributed by atoms with Crippen molar-refractivity contribution in [3.8, 4) is 5.75 Å². The van der Waals surface area contributed by atoms with E-state index in [1.165, 1.54) is 0 Å². The predicted octanol–water partition coefficient (Wildman–Crippen LogP) is 3.18. The minimum Gasteiger partial charge on any atom is -0.489 e. The summed E-state index contributed by atoms with van der Waals surface area (Å²) in [7, 11) is 1.55. The molecule has 0 radical (unpaired) electrons. The average Bonchev–Trinajstić information content (AvgIpc) is 2.25. The second-order valence-corrected chi connectivity index (χ2v) is 7.86. The standard InChI is InChI=1S/C10H11Br2ClO4S/c11-8-2-1-3-9(12)10(8)17-5-4-16-6-7-18(13,14)15/h1-3H,4-7H2. The van der Waals surface area contributed by atoms with Crippen molar-refractivity contribution in [2.24, 2.45) is 0 Å². The molecule has 0 aliphatic rings. The maximum absolute atomic E-state index is 10.6. The third kappa shape index (κ3) is 6.38. The smallest absolute Gasteiger partial charge is 0.234 e. The van der Waals surface area contributed by atoms with Crippen LogP contribution in [0.2, 0.25) is 0 Å². The lowest BCUT2D eigenvalue weighted by atomic mass is 10.3. The van der Waals surface area contributed by atoms with E-state index in [0.717, 1.165) is 8.95 Å². The van der Waals surface area contributed by atoms with Crippen LogP contribution in [0.5, 0.6) is 5.75 Å². The first kappa shape index (κ1) is 16.2. The highest BCUT2D eigenvalue weighted by Crippen LogP contribution is 2.32. The monoisotopic (exact) mass is 420 g/mol. The van der Waals surface area contributed by atoms with Gasteiger partial charge in [-0.05, 0) is 44.0 Å². The molecular weight excluding hydrogens is 411 g/mol. The fraction of sp³-hybridized carbons (Fsp3) is 0.400. The Morgan fingerprint density at radius 3 is 2.28 bits per heavy atom. The molecule has 0 bridgehead atoms. The molecule has 18 heavy (non-hydrogen) atoms. The van der Waals surface area contributed by atoms with Crippen LogP contribution >= 0.6 is 42.5 Å². The van der Waals surface area contributed by atoms with Crippen LogP contribution in [0.3, 0.4) is 0 Å². The van der Waals surface area contributed by atoms with E-state index >= 15 is 0 Å². The first-order chi connectivity index (χ1) is 8.40. The second-order valence-electron chi connectivity index (χ2n) is 3.25. The maximum Gasteiger partial charge on any atom is 0.234 e. The van der Waals surface area contributed by atoms with Crippen LogP contribution in [0, 0.1) is 0 Å². The highest BCUT2D eigenvalue weighted by atomic mass is 79.9. The molecule has 0 unspecified atom stereocenters. The van der Waals surface area contributed by atoms with Gasteiger partial charge in [0.1, 0.15) is 12.4 Å². The van der Waals surface area contributed by atoms with Gasteiger partial charge in [0.15, 0.2) is 0 Å². The Labute approximate surface area is 127 Å². The summed E-state index contributed by atoms with van der Waals surface area (Å²) in [4.78, 5) is 0. The Hall–Kier alpha value is 0.180. The van der Waals surface area contributed by atoms with Gasteiger partial charge >= 0.3 is 0 Å². The van der Waals surface area contributed by atoms with E-state index < -0.39 is 9.05 Å². The van der Waals surface area contributed by atoms with Crippen molar-refractivity contribution >= 4 is 51.6 Å². The van der Waals surface area contributed by atoms with E-state index in [4.69, 9.17) is 20.2 Å². The largest absolute Gasteiger partial charge is 0.489 e. The molecule has 4 nitrogen and oxygen atoms in total. The van der Waals surface area contributed by atoms with Crippen LogP contribution in [-0.2, 0) is 13.8 Å². The van der Waals surface area contributed by atoms with Crippen molar-refractivity contribution in [2.45, 2.75) is 0 Å². The lowest BCUT2D eigenvalue weighted by molar-refractivity contribution is 0.111. The molecule has 8 heteroatoms.